The Bertz CT molecular complexity index is 377. The van der Waals surface area contributed by atoms with Gasteiger partial charge in [-0.2, -0.15) is 0 Å². The van der Waals surface area contributed by atoms with Crippen LogP contribution in [-0.4, -0.2) is 30.7 Å². The van der Waals surface area contributed by atoms with Crippen molar-refractivity contribution in [1.29, 1.82) is 0 Å². The Balaban J connectivity index is 2.00. The molecule has 1 aliphatic carbocycles. The lowest BCUT2D eigenvalue weighted by atomic mass is 10.1. The fourth-order valence-electron chi connectivity index (χ4n) is 2.38. The van der Waals surface area contributed by atoms with Crippen LogP contribution in [0, 0.1) is 0 Å². The second kappa shape index (κ2) is 6.21. The molecule has 0 aromatic heterocycles. The van der Waals surface area contributed by atoms with Crippen LogP contribution in [0.3, 0.4) is 0 Å². The van der Waals surface area contributed by atoms with Crippen LogP contribution in [0.5, 0.6) is 0 Å². The van der Waals surface area contributed by atoms with E-state index >= 15 is 0 Å². The van der Waals surface area contributed by atoms with Crippen molar-refractivity contribution in [2.24, 2.45) is 0 Å². The maximum Gasteiger partial charge on any atom is 0.0477 e. The molecule has 3 nitrogen and oxygen atoms in total. The fourth-order valence-corrected chi connectivity index (χ4v) is 2.38. The summed E-state index contributed by atoms with van der Waals surface area (Å²) in [6, 6.07) is 9.48. The van der Waals surface area contributed by atoms with Crippen molar-refractivity contribution in [1.82, 2.24) is 4.90 Å². The molecule has 2 rings (SSSR count). The molecule has 0 amide bonds. The minimum absolute atomic E-state index is 0.553. The van der Waals surface area contributed by atoms with E-state index in [1.165, 1.54) is 18.4 Å². The van der Waals surface area contributed by atoms with Crippen LogP contribution in [-0.2, 0) is 11.3 Å². The highest BCUT2D eigenvalue weighted by Gasteiger charge is 2.32. The van der Waals surface area contributed by atoms with Gasteiger partial charge in [0.25, 0.3) is 0 Å². The third kappa shape index (κ3) is 3.47. The average molecular weight is 248 g/mol. The van der Waals surface area contributed by atoms with Crippen molar-refractivity contribution in [3.8, 4) is 0 Å². The summed E-state index contributed by atoms with van der Waals surface area (Å²) >= 11 is 0. The maximum atomic E-state index is 6.04. The minimum Gasteiger partial charge on any atom is -0.398 e. The number of nitrogens with zero attached hydrogens (tertiary/aromatic N) is 1. The van der Waals surface area contributed by atoms with Crippen LogP contribution >= 0.6 is 0 Å². The zero-order valence-electron chi connectivity index (χ0n) is 11.4. The molecule has 1 aromatic rings. The lowest BCUT2D eigenvalue weighted by molar-refractivity contribution is 0.128. The number of rotatable bonds is 7. The summed E-state index contributed by atoms with van der Waals surface area (Å²) in [6.45, 7) is 4.08. The first-order chi connectivity index (χ1) is 8.72. The molecule has 2 N–H and O–H groups in total. The fraction of sp³-hybridized carbons (Fsp3) is 0.600. The molecule has 0 bridgehead atoms. The molecule has 0 heterocycles. The van der Waals surface area contributed by atoms with E-state index in [-0.39, 0.29) is 0 Å². The lowest BCUT2D eigenvalue weighted by Crippen LogP contribution is -2.35. The van der Waals surface area contributed by atoms with Gasteiger partial charge in [-0.25, -0.2) is 0 Å². The second-order valence-corrected chi connectivity index (χ2v) is 5.23. The smallest absolute Gasteiger partial charge is 0.0477 e. The third-order valence-electron chi connectivity index (χ3n) is 3.73. The van der Waals surface area contributed by atoms with Gasteiger partial charge in [-0.1, -0.05) is 18.2 Å². The van der Waals surface area contributed by atoms with Crippen LogP contribution in [0.25, 0.3) is 0 Å². The lowest BCUT2D eigenvalue weighted by Gasteiger charge is -2.29. The number of ether oxygens (including phenoxy) is 1. The summed E-state index contributed by atoms with van der Waals surface area (Å²) in [5, 5.41) is 0. The van der Waals surface area contributed by atoms with Gasteiger partial charge in [-0.05, 0) is 37.8 Å². The Morgan fingerprint density at radius 1 is 1.39 bits per heavy atom. The summed E-state index contributed by atoms with van der Waals surface area (Å²) in [5.74, 6) is 0. The highest BCUT2D eigenvalue weighted by molar-refractivity contribution is 5.46. The molecular formula is C15H24N2O. The predicted octanol–water partition coefficient (Wildman–Crippen LogP) is 2.66. The van der Waals surface area contributed by atoms with E-state index in [4.69, 9.17) is 10.5 Å². The Morgan fingerprint density at radius 3 is 2.72 bits per heavy atom. The van der Waals surface area contributed by atoms with Crippen molar-refractivity contribution in [2.45, 2.75) is 44.8 Å². The topological polar surface area (TPSA) is 38.5 Å². The summed E-state index contributed by atoms with van der Waals surface area (Å²) in [7, 11) is 1.77. The number of para-hydroxylation sites is 1. The number of nitrogens with two attached hydrogens (primary N) is 1. The van der Waals surface area contributed by atoms with Gasteiger partial charge in [-0.3, -0.25) is 4.90 Å². The van der Waals surface area contributed by atoms with Crippen LogP contribution < -0.4 is 5.73 Å². The molecule has 0 radical (unpaired) electrons. The van der Waals surface area contributed by atoms with Gasteiger partial charge in [0.2, 0.25) is 0 Å². The first-order valence-electron chi connectivity index (χ1n) is 6.80. The molecule has 1 fully saturated rings. The number of hydrogen-bond donors (Lipinski definition) is 1. The molecule has 0 aliphatic heterocycles. The number of anilines is 1. The van der Waals surface area contributed by atoms with Crippen LogP contribution in [0.1, 0.15) is 31.7 Å². The number of methoxy groups -OCH3 is 1. The van der Waals surface area contributed by atoms with Gasteiger partial charge < -0.3 is 10.5 Å². The first-order valence-corrected chi connectivity index (χ1v) is 6.80. The Labute approximate surface area is 110 Å². The summed E-state index contributed by atoms with van der Waals surface area (Å²) < 4.78 is 5.19. The monoisotopic (exact) mass is 248 g/mol. The Morgan fingerprint density at radius 2 is 2.11 bits per heavy atom. The van der Waals surface area contributed by atoms with E-state index in [2.05, 4.69) is 24.0 Å². The number of hydrogen-bond acceptors (Lipinski definition) is 3. The van der Waals surface area contributed by atoms with Crippen LogP contribution in [0.2, 0.25) is 0 Å². The molecule has 100 valence electrons. The number of nitrogen functional groups attached to an aromatic ring is 1. The highest BCUT2D eigenvalue weighted by Crippen LogP contribution is 2.31. The SMILES string of the molecule is COCCC(C)N(Cc1ccccc1N)C1CC1. The molecule has 1 unspecified atom stereocenters. The molecule has 1 aromatic carbocycles. The zero-order valence-corrected chi connectivity index (χ0v) is 11.4. The van der Waals surface area contributed by atoms with Crippen LogP contribution in [0.4, 0.5) is 5.69 Å². The summed E-state index contributed by atoms with van der Waals surface area (Å²) in [4.78, 5) is 2.57. The maximum absolute atomic E-state index is 6.04. The van der Waals surface area contributed by atoms with Crippen molar-refractivity contribution >= 4 is 5.69 Å². The normalized spacial score (nSPS) is 17.1. The highest BCUT2D eigenvalue weighted by atomic mass is 16.5. The minimum atomic E-state index is 0.553. The van der Waals surface area contributed by atoms with Gasteiger partial charge in [0.15, 0.2) is 0 Å². The van der Waals surface area contributed by atoms with Gasteiger partial charge in [0.1, 0.15) is 0 Å². The van der Waals surface area contributed by atoms with E-state index in [0.29, 0.717) is 6.04 Å². The van der Waals surface area contributed by atoms with Crippen LogP contribution in [0.15, 0.2) is 24.3 Å². The zero-order chi connectivity index (χ0) is 13.0. The van der Waals surface area contributed by atoms with Crippen molar-refractivity contribution in [2.75, 3.05) is 19.5 Å². The van der Waals surface area contributed by atoms with Crippen molar-refractivity contribution < 1.29 is 4.74 Å². The van der Waals surface area contributed by atoms with Gasteiger partial charge in [-0.15, -0.1) is 0 Å². The Kier molecular flexibility index (Phi) is 4.61. The molecule has 18 heavy (non-hydrogen) atoms. The molecular weight excluding hydrogens is 224 g/mol. The van der Waals surface area contributed by atoms with Gasteiger partial charge in [0.05, 0.1) is 0 Å². The molecule has 1 aliphatic rings. The Hall–Kier alpha value is -1.06. The van der Waals surface area contributed by atoms with E-state index < -0.39 is 0 Å². The van der Waals surface area contributed by atoms with E-state index in [1.807, 2.05) is 12.1 Å². The largest absolute Gasteiger partial charge is 0.398 e. The molecule has 0 spiro atoms. The molecule has 3 heteroatoms. The van der Waals surface area contributed by atoms with E-state index in [0.717, 1.165) is 31.3 Å². The van der Waals surface area contributed by atoms with Gasteiger partial charge in [0, 0.05) is 38.0 Å². The predicted molar refractivity (Wildman–Crippen MR) is 75.4 cm³/mol. The average Bonchev–Trinajstić information content (AvgIpc) is 3.19. The molecule has 1 saturated carbocycles. The van der Waals surface area contributed by atoms with E-state index in [1.54, 1.807) is 7.11 Å². The first kappa shape index (κ1) is 13.4. The summed E-state index contributed by atoms with van der Waals surface area (Å²) in [5.41, 5.74) is 8.19. The summed E-state index contributed by atoms with van der Waals surface area (Å²) in [6.07, 6.45) is 3.73. The van der Waals surface area contributed by atoms with Crippen molar-refractivity contribution in [3.05, 3.63) is 29.8 Å². The van der Waals surface area contributed by atoms with Gasteiger partial charge >= 0.3 is 0 Å². The van der Waals surface area contributed by atoms with E-state index in [9.17, 15) is 0 Å². The molecule has 0 saturated heterocycles. The second-order valence-electron chi connectivity index (χ2n) is 5.23. The van der Waals surface area contributed by atoms with Crippen molar-refractivity contribution in [3.63, 3.8) is 0 Å². The number of benzene rings is 1. The quantitative estimate of drug-likeness (QED) is 0.754. The standard InChI is InChI=1S/C15H24N2O/c1-12(9-10-18-2)17(14-7-8-14)11-13-5-3-4-6-15(13)16/h3-6,12,14H,7-11,16H2,1-2H3. The molecule has 1 atom stereocenters. The third-order valence-corrected chi connectivity index (χ3v) is 3.73.